The van der Waals surface area contributed by atoms with Gasteiger partial charge in [0.25, 0.3) is 5.91 Å². The molecule has 1 aliphatic heterocycles. The Kier molecular flexibility index (Phi) is 5.68. The Hall–Kier alpha value is -2.25. The van der Waals surface area contributed by atoms with Crippen molar-refractivity contribution in [2.45, 2.75) is 24.7 Å². The van der Waals surface area contributed by atoms with Gasteiger partial charge in [0.05, 0.1) is 0 Å². The van der Waals surface area contributed by atoms with Gasteiger partial charge in [0.15, 0.2) is 0 Å². The molecule has 1 aromatic heterocycles. The Morgan fingerprint density at radius 1 is 1.23 bits per heavy atom. The summed E-state index contributed by atoms with van der Waals surface area (Å²) in [6, 6.07) is 10.7. The fourth-order valence-corrected chi connectivity index (χ4v) is 4.56. The number of benzene rings is 1. The number of rotatable bonds is 5. The molecule has 7 heteroatoms. The minimum Gasteiger partial charge on any atom is -0.352 e. The first kappa shape index (κ1) is 18.5. The van der Waals surface area contributed by atoms with Crippen LogP contribution in [0.3, 0.4) is 0 Å². The maximum absolute atomic E-state index is 12.6. The van der Waals surface area contributed by atoms with E-state index < -0.39 is 10.0 Å². The van der Waals surface area contributed by atoms with Crippen LogP contribution in [0.25, 0.3) is 0 Å². The zero-order chi connectivity index (χ0) is 18.6. The molecule has 26 heavy (non-hydrogen) atoms. The number of hydrogen-bond acceptors (Lipinski definition) is 4. The van der Waals surface area contributed by atoms with E-state index in [-0.39, 0.29) is 16.7 Å². The van der Waals surface area contributed by atoms with Gasteiger partial charge in [0, 0.05) is 37.6 Å². The fourth-order valence-electron chi connectivity index (χ4n) is 3.13. The average molecular weight is 373 g/mol. The topological polar surface area (TPSA) is 79.4 Å². The van der Waals surface area contributed by atoms with Crippen LogP contribution in [-0.4, -0.2) is 43.2 Å². The predicted molar refractivity (Wildman–Crippen MR) is 99.2 cm³/mol. The summed E-state index contributed by atoms with van der Waals surface area (Å²) < 4.78 is 26.7. The summed E-state index contributed by atoms with van der Waals surface area (Å²) in [5, 5.41) is 2.96. The van der Waals surface area contributed by atoms with Crippen LogP contribution in [0, 0.1) is 12.8 Å². The second-order valence-electron chi connectivity index (χ2n) is 6.62. The Bertz CT molecular complexity index is 861. The molecule has 6 nitrogen and oxygen atoms in total. The molecule has 138 valence electrons. The number of sulfonamides is 1. The van der Waals surface area contributed by atoms with Gasteiger partial charge in [-0.2, -0.15) is 4.31 Å². The normalized spacial score (nSPS) is 16.3. The number of nitrogens with zero attached hydrogens (tertiary/aromatic N) is 2. The number of pyridine rings is 1. The lowest BCUT2D eigenvalue weighted by molar-refractivity contribution is 0.0941. The zero-order valence-corrected chi connectivity index (χ0v) is 15.6. The molecule has 0 aliphatic carbocycles. The summed E-state index contributed by atoms with van der Waals surface area (Å²) in [5.74, 6) is 0.197. The van der Waals surface area contributed by atoms with Gasteiger partial charge >= 0.3 is 0 Å². The Morgan fingerprint density at radius 3 is 2.65 bits per heavy atom. The lowest BCUT2D eigenvalue weighted by Crippen LogP contribution is -2.41. The predicted octanol–water partition coefficient (Wildman–Crippen LogP) is 2.22. The highest BCUT2D eigenvalue weighted by molar-refractivity contribution is 7.89. The SMILES string of the molecule is Cc1cccc(C(=O)NCC2CCN(S(=O)(=O)c3cccnc3)CC2)c1. The van der Waals surface area contributed by atoms with Crippen molar-refractivity contribution >= 4 is 15.9 Å². The highest BCUT2D eigenvalue weighted by Gasteiger charge is 2.29. The molecule has 0 radical (unpaired) electrons. The molecule has 0 spiro atoms. The van der Waals surface area contributed by atoms with Crippen molar-refractivity contribution in [2.75, 3.05) is 19.6 Å². The third kappa shape index (κ3) is 4.28. The van der Waals surface area contributed by atoms with Crippen LogP contribution in [0.15, 0.2) is 53.7 Å². The number of amides is 1. The smallest absolute Gasteiger partial charge is 0.251 e. The van der Waals surface area contributed by atoms with Crippen molar-refractivity contribution in [1.82, 2.24) is 14.6 Å². The Balaban J connectivity index is 1.52. The molecule has 0 unspecified atom stereocenters. The molecule has 1 aromatic carbocycles. The first-order valence-electron chi connectivity index (χ1n) is 8.72. The van der Waals surface area contributed by atoms with Crippen LogP contribution in [0.5, 0.6) is 0 Å². The Morgan fingerprint density at radius 2 is 2.00 bits per heavy atom. The van der Waals surface area contributed by atoms with Crippen LogP contribution in [0.2, 0.25) is 0 Å². The number of carbonyl (C=O) groups excluding carboxylic acids is 1. The molecule has 1 fully saturated rings. The number of hydrogen-bond donors (Lipinski definition) is 1. The summed E-state index contributed by atoms with van der Waals surface area (Å²) in [6.45, 7) is 3.44. The molecular weight excluding hydrogens is 350 g/mol. The number of piperidine rings is 1. The third-order valence-electron chi connectivity index (χ3n) is 4.68. The van der Waals surface area contributed by atoms with Crippen LogP contribution >= 0.6 is 0 Å². The van der Waals surface area contributed by atoms with Crippen molar-refractivity contribution in [3.05, 3.63) is 59.9 Å². The summed E-state index contributed by atoms with van der Waals surface area (Å²) in [6.07, 6.45) is 4.40. The highest BCUT2D eigenvalue weighted by atomic mass is 32.2. The number of aryl methyl sites for hydroxylation is 1. The van der Waals surface area contributed by atoms with Gasteiger partial charge in [-0.25, -0.2) is 8.42 Å². The highest BCUT2D eigenvalue weighted by Crippen LogP contribution is 2.23. The van der Waals surface area contributed by atoms with Gasteiger partial charge in [0.1, 0.15) is 4.90 Å². The lowest BCUT2D eigenvalue weighted by atomic mass is 9.98. The fraction of sp³-hybridized carbons (Fsp3) is 0.368. The van der Waals surface area contributed by atoms with Crippen LogP contribution < -0.4 is 5.32 Å². The van der Waals surface area contributed by atoms with Crippen molar-refractivity contribution in [1.29, 1.82) is 0 Å². The standard InChI is InChI=1S/C19H23N3O3S/c1-15-4-2-5-17(12-15)19(23)21-13-16-7-10-22(11-8-16)26(24,25)18-6-3-9-20-14-18/h2-6,9,12,14,16H,7-8,10-11,13H2,1H3,(H,21,23). The summed E-state index contributed by atoms with van der Waals surface area (Å²) >= 11 is 0. The number of aromatic nitrogens is 1. The quantitative estimate of drug-likeness (QED) is 0.872. The first-order chi connectivity index (χ1) is 12.5. The third-order valence-corrected chi connectivity index (χ3v) is 6.56. The Labute approximate surface area is 154 Å². The van der Waals surface area contributed by atoms with E-state index in [2.05, 4.69) is 10.3 Å². The lowest BCUT2D eigenvalue weighted by Gasteiger charge is -2.31. The van der Waals surface area contributed by atoms with Gasteiger partial charge in [-0.1, -0.05) is 17.7 Å². The summed E-state index contributed by atoms with van der Waals surface area (Å²) in [4.78, 5) is 16.3. The summed E-state index contributed by atoms with van der Waals surface area (Å²) in [5.41, 5.74) is 1.70. The summed E-state index contributed by atoms with van der Waals surface area (Å²) in [7, 11) is -3.48. The van der Waals surface area contributed by atoms with Gasteiger partial charge < -0.3 is 5.32 Å². The number of nitrogens with one attached hydrogen (secondary N) is 1. The minimum atomic E-state index is -3.48. The van der Waals surface area contributed by atoms with Crippen LogP contribution in [0.1, 0.15) is 28.8 Å². The van der Waals surface area contributed by atoms with Gasteiger partial charge in [-0.05, 0) is 49.9 Å². The van der Waals surface area contributed by atoms with Gasteiger partial charge in [-0.15, -0.1) is 0 Å². The van der Waals surface area contributed by atoms with Crippen molar-refractivity contribution in [3.63, 3.8) is 0 Å². The molecule has 2 heterocycles. The van der Waals surface area contributed by atoms with E-state index in [1.165, 1.54) is 10.5 Å². The monoisotopic (exact) mass is 373 g/mol. The van der Waals surface area contributed by atoms with E-state index in [1.807, 2.05) is 25.1 Å². The van der Waals surface area contributed by atoms with Crippen LogP contribution in [-0.2, 0) is 10.0 Å². The van der Waals surface area contributed by atoms with E-state index >= 15 is 0 Å². The van der Waals surface area contributed by atoms with E-state index in [4.69, 9.17) is 0 Å². The van der Waals surface area contributed by atoms with E-state index in [9.17, 15) is 13.2 Å². The van der Waals surface area contributed by atoms with Crippen molar-refractivity contribution in [3.8, 4) is 0 Å². The molecule has 1 N–H and O–H groups in total. The molecule has 0 saturated carbocycles. The van der Waals surface area contributed by atoms with Crippen molar-refractivity contribution in [2.24, 2.45) is 5.92 Å². The second-order valence-corrected chi connectivity index (χ2v) is 8.55. The van der Waals surface area contributed by atoms with E-state index in [0.29, 0.717) is 25.2 Å². The van der Waals surface area contributed by atoms with Crippen LogP contribution in [0.4, 0.5) is 0 Å². The molecule has 0 atom stereocenters. The second kappa shape index (κ2) is 7.97. The maximum atomic E-state index is 12.6. The molecule has 1 aliphatic rings. The average Bonchev–Trinajstić information content (AvgIpc) is 2.67. The molecule has 2 aromatic rings. The zero-order valence-electron chi connectivity index (χ0n) is 14.8. The molecule has 3 rings (SSSR count). The van der Waals surface area contributed by atoms with E-state index in [1.54, 1.807) is 24.4 Å². The molecular formula is C19H23N3O3S. The van der Waals surface area contributed by atoms with E-state index in [0.717, 1.165) is 18.4 Å². The first-order valence-corrected chi connectivity index (χ1v) is 10.2. The minimum absolute atomic E-state index is 0.0842. The van der Waals surface area contributed by atoms with Gasteiger partial charge in [-0.3, -0.25) is 9.78 Å². The van der Waals surface area contributed by atoms with Gasteiger partial charge in [0.2, 0.25) is 10.0 Å². The number of carbonyl (C=O) groups is 1. The van der Waals surface area contributed by atoms with Crippen molar-refractivity contribution < 1.29 is 13.2 Å². The molecule has 1 amide bonds. The molecule has 1 saturated heterocycles. The largest absolute Gasteiger partial charge is 0.352 e. The maximum Gasteiger partial charge on any atom is 0.251 e. The molecule has 0 bridgehead atoms.